The summed E-state index contributed by atoms with van der Waals surface area (Å²) in [6, 6.07) is 2.34. The van der Waals surface area contributed by atoms with Crippen LogP contribution in [0.4, 0.5) is 0 Å². The molecule has 1 aromatic heterocycles. The molecular weight excluding hydrogens is 166 g/mol. The van der Waals surface area contributed by atoms with Crippen molar-refractivity contribution in [3.63, 3.8) is 0 Å². The first-order chi connectivity index (χ1) is 6.27. The van der Waals surface area contributed by atoms with Gasteiger partial charge in [-0.2, -0.15) is 0 Å². The lowest BCUT2D eigenvalue weighted by Gasteiger charge is -2.19. The van der Waals surface area contributed by atoms with E-state index in [1.165, 1.54) is 0 Å². The summed E-state index contributed by atoms with van der Waals surface area (Å²) in [6.07, 6.45) is 4.31. The van der Waals surface area contributed by atoms with Gasteiger partial charge in [-0.3, -0.25) is 0 Å². The zero-order valence-electron chi connectivity index (χ0n) is 8.16. The minimum absolute atomic E-state index is 0.171. The first kappa shape index (κ1) is 10.3. The molecule has 13 heavy (non-hydrogen) atoms. The Bertz CT molecular complexity index is 217. The van der Waals surface area contributed by atoms with Crippen LogP contribution in [0.5, 0.6) is 0 Å². The minimum atomic E-state index is 0.171. The van der Waals surface area contributed by atoms with E-state index in [4.69, 9.17) is 9.52 Å². The summed E-state index contributed by atoms with van der Waals surface area (Å²) in [6.45, 7) is 4.29. The van der Waals surface area contributed by atoms with E-state index in [1.54, 1.807) is 12.5 Å². The molecule has 2 atom stereocenters. The van der Waals surface area contributed by atoms with Crippen molar-refractivity contribution in [3.8, 4) is 0 Å². The Morgan fingerprint density at radius 1 is 1.62 bits per heavy atom. The van der Waals surface area contributed by atoms with Gasteiger partial charge in [0.1, 0.15) is 0 Å². The number of nitrogens with one attached hydrogen (secondary N) is 1. The number of hydrogen-bond acceptors (Lipinski definition) is 3. The topological polar surface area (TPSA) is 45.4 Å². The molecule has 74 valence electrons. The number of rotatable bonds is 5. The molecule has 0 aliphatic rings. The van der Waals surface area contributed by atoms with Crippen LogP contribution in [-0.2, 0) is 0 Å². The zero-order valence-corrected chi connectivity index (χ0v) is 8.16. The molecule has 0 aliphatic heterocycles. The third-order valence-corrected chi connectivity index (χ3v) is 2.24. The van der Waals surface area contributed by atoms with Crippen molar-refractivity contribution in [1.29, 1.82) is 0 Å². The molecule has 0 saturated heterocycles. The molecule has 1 heterocycles. The van der Waals surface area contributed by atoms with Gasteiger partial charge >= 0.3 is 0 Å². The third-order valence-electron chi connectivity index (χ3n) is 2.24. The molecule has 0 aliphatic carbocycles. The summed E-state index contributed by atoms with van der Waals surface area (Å²) in [5.41, 5.74) is 1.12. The molecule has 0 bridgehead atoms. The fourth-order valence-electron chi connectivity index (χ4n) is 1.27. The van der Waals surface area contributed by atoms with Crippen LogP contribution in [0.2, 0.25) is 0 Å². The van der Waals surface area contributed by atoms with Crippen molar-refractivity contribution >= 4 is 0 Å². The second-order valence-electron chi connectivity index (χ2n) is 3.23. The van der Waals surface area contributed by atoms with Gasteiger partial charge in [0, 0.05) is 17.6 Å². The fraction of sp³-hybridized carbons (Fsp3) is 0.600. The number of aliphatic hydroxyl groups excluding tert-OH is 1. The van der Waals surface area contributed by atoms with Crippen LogP contribution in [0.15, 0.2) is 23.0 Å². The molecule has 0 radical (unpaired) electrons. The highest BCUT2D eigenvalue weighted by Crippen LogP contribution is 2.13. The molecule has 0 amide bonds. The van der Waals surface area contributed by atoms with Crippen LogP contribution < -0.4 is 5.32 Å². The van der Waals surface area contributed by atoms with Crippen LogP contribution >= 0.6 is 0 Å². The fourth-order valence-corrected chi connectivity index (χ4v) is 1.27. The van der Waals surface area contributed by atoms with Crippen LogP contribution in [0.25, 0.3) is 0 Å². The molecule has 0 saturated carbocycles. The summed E-state index contributed by atoms with van der Waals surface area (Å²) in [5.74, 6) is 0. The Morgan fingerprint density at radius 3 is 2.85 bits per heavy atom. The number of furan rings is 1. The van der Waals surface area contributed by atoms with Gasteiger partial charge in [0.2, 0.25) is 0 Å². The molecule has 0 spiro atoms. The average Bonchev–Trinajstić information content (AvgIpc) is 2.66. The van der Waals surface area contributed by atoms with Crippen molar-refractivity contribution in [1.82, 2.24) is 5.32 Å². The Hall–Kier alpha value is -0.800. The predicted octanol–water partition coefficient (Wildman–Crippen LogP) is 1.70. The molecule has 0 fully saturated rings. The van der Waals surface area contributed by atoms with Crippen LogP contribution in [-0.4, -0.2) is 17.8 Å². The largest absolute Gasteiger partial charge is 0.472 e. The van der Waals surface area contributed by atoms with Crippen LogP contribution in [0, 0.1) is 0 Å². The van der Waals surface area contributed by atoms with Crippen molar-refractivity contribution < 1.29 is 9.52 Å². The summed E-state index contributed by atoms with van der Waals surface area (Å²) >= 11 is 0. The Balaban J connectivity index is 2.45. The number of aliphatic hydroxyl groups is 1. The molecule has 1 rings (SSSR count). The smallest absolute Gasteiger partial charge is 0.0950 e. The highest BCUT2D eigenvalue weighted by Gasteiger charge is 2.11. The van der Waals surface area contributed by atoms with Gasteiger partial charge in [0.05, 0.1) is 19.1 Å². The summed E-state index contributed by atoms with van der Waals surface area (Å²) < 4.78 is 4.98. The monoisotopic (exact) mass is 183 g/mol. The molecule has 1 aromatic rings. The minimum Gasteiger partial charge on any atom is -0.472 e. The molecular formula is C10H17NO2. The summed E-state index contributed by atoms with van der Waals surface area (Å²) in [4.78, 5) is 0. The van der Waals surface area contributed by atoms with Gasteiger partial charge in [-0.1, -0.05) is 6.92 Å². The van der Waals surface area contributed by atoms with Crippen molar-refractivity contribution in [3.05, 3.63) is 24.2 Å². The molecule has 3 heteroatoms. The highest BCUT2D eigenvalue weighted by atomic mass is 16.3. The maximum absolute atomic E-state index is 8.99. The molecule has 0 aromatic carbocycles. The van der Waals surface area contributed by atoms with Gasteiger partial charge in [0.25, 0.3) is 0 Å². The van der Waals surface area contributed by atoms with E-state index in [0.29, 0.717) is 0 Å². The van der Waals surface area contributed by atoms with E-state index >= 15 is 0 Å². The molecule has 2 N–H and O–H groups in total. The lowest BCUT2D eigenvalue weighted by Crippen LogP contribution is -2.33. The average molecular weight is 183 g/mol. The molecule has 2 unspecified atom stereocenters. The van der Waals surface area contributed by atoms with Gasteiger partial charge in [-0.25, -0.2) is 0 Å². The zero-order chi connectivity index (χ0) is 9.68. The van der Waals surface area contributed by atoms with Crippen LogP contribution in [0.3, 0.4) is 0 Å². The van der Waals surface area contributed by atoms with E-state index in [9.17, 15) is 0 Å². The van der Waals surface area contributed by atoms with E-state index in [0.717, 1.165) is 12.0 Å². The lowest BCUT2D eigenvalue weighted by molar-refractivity contribution is 0.230. The maximum Gasteiger partial charge on any atom is 0.0950 e. The lowest BCUT2D eigenvalue weighted by atomic mass is 10.1. The summed E-state index contributed by atoms with van der Waals surface area (Å²) in [7, 11) is 0. The second kappa shape index (κ2) is 5.04. The maximum atomic E-state index is 8.99. The van der Waals surface area contributed by atoms with E-state index in [-0.39, 0.29) is 18.7 Å². The summed E-state index contributed by atoms with van der Waals surface area (Å²) in [5, 5.41) is 12.3. The van der Waals surface area contributed by atoms with Gasteiger partial charge < -0.3 is 14.8 Å². The predicted molar refractivity (Wildman–Crippen MR) is 51.4 cm³/mol. The van der Waals surface area contributed by atoms with Crippen molar-refractivity contribution in [2.24, 2.45) is 0 Å². The van der Waals surface area contributed by atoms with E-state index < -0.39 is 0 Å². The molecule has 3 nitrogen and oxygen atoms in total. The first-order valence-corrected chi connectivity index (χ1v) is 4.67. The SMILES string of the molecule is CCC(CO)NC(C)c1ccoc1. The Labute approximate surface area is 78.8 Å². The Kier molecular flexibility index (Phi) is 3.99. The highest BCUT2D eigenvalue weighted by molar-refractivity contribution is 5.10. The quantitative estimate of drug-likeness (QED) is 0.730. The first-order valence-electron chi connectivity index (χ1n) is 4.67. The van der Waals surface area contributed by atoms with Gasteiger partial charge in [-0.15, -0.1) is 0 Å². The van der Waals surface area contributed by atoms with Gasteiger partial charge in [0.15, 0.2) is 0 Å². The van der Waals surface area contributed by atoms with Crippen LogP contribution in [0.1, 0.15) is 31.9 Å². The van der Waals surface area contributed by atoms with Gasteiger partial charge in [-0.05, 0) is 19.4 Å². The Morgan fingerprint density at radius 2 is 2.38 bits per heavy atom. The second-order valence-corrected chi connectivity index (χ2v) is 3.23. The van der Waals surface area contributed by atoms with E-state index in [2.05, 4.69) is 19.2 Å². The van der Waals surface area contributed by atoms with E-state index in [1.807, 2.05) is 6.07 Å². The normalized spacial score (nSPS) is 15.6. The van der Waals surface area contributed by atoms with Crippen molar-refractivity contribution in [2.75, 3.05) is 6.61 Å². The van der Waals surface area contributed by atoms with Crippen molar-refractivity contribution in [2.45, 2.75) is 32.4 Å². The standard InChI is InChI=1S/C10H17NO2/c1-3-10(6-12)11-8(2)9-4-5-13-7-9/h4-5,7-8,10-12H,3,6H2,1-2H3. The third kappa shape index (κ3) is 2.86. The number of hydrogen-bond donors (Lipinski definition) is 2.